The molecule has 18 heavy (non-hydrogen) atoms. The minimum Gasteiger partial charge on any atom is -0.467 e. The summed E-state index contributed by atoms with van der Waals surface area (Å²) >= 11 is 0. The van der Waals surface area contributed by atoms with E-state index in [1.807, 2.05) is 0 Å². The Kier molecular flexibility index (Phi) is 4.56. The lowest BCUT2D eigenvalue weighted by atomic mass is 9.97. The van der Waals surface area contributed by atoms with Gasteiger partial charge in [-0.1, -0.05) is 0 Å². The lowest BCUT2D eigenvalue weighted by Gasteiger charge is -2.38. The molecule has 0 bridgehead atoms. The van der Waals surface area contributed by atoms with Crippen molar-refractivity contribution in [2.45, 2.75) is 51.3 Å². The summed E-state index contributed by atoms with van der Waals surface area (Å²) in [6.07, 6.45) is 0.931. The molecule has 1 fully saturated rings. The van der Waals surface area contributed by atoms with Crippen LogP contribution in [0.2, 0.25) is 0 Å². The van der Waals surface area contributed by atoms with Crippen LogP contribution in [0.15, 0.2) is 0 Å². The van der Waals surface area contributed by atoms with Crippen molar-refractivity contribution in [3.63, 3.8) is 0 Å². The molecule has 0 radical (unpaired) electrons. The molecule has 2 N–H and O–H groups in total. The SMILES string of the molecule is COC(=O)[C@H]1[C@H](N)CCCN1C(=O)OC(C)(C)C. The smallest absolute Gasteiger partial charge is 0.411 e. The molecular formula is C12H22N2O4. The molecular weight excluding hydrogens is 236 g/mol. The molecule has 104 valence electrons. The highest BCUT2D eigenvalue weighted by molar-refractivity contribution is 5.82. The number of rotatable bonds is 1. The molecule has 0 aliphatic carbocycles. The van der Waals surface area contributed by atoms with Crippen LogP contribution in [0.4, 0.5) is 4.79 Å². The Labute approximate surface area is 107 Å². The number of nitrogens with two attached hydrogens (primary N) is 1. The summed E-state index contributed by atoms with van der Waals surface area (Å²) < 4.78 is 9.98. The molecule has 0 saturated carbocycles. The lowest BCUT2D eigenvalue weighted by Crippen LogP contribution is -2.59. The van der Waals surface area contributed by atoms with Crippen LogP contribution in [0, 0.1) is 0 Å². The zero-order valence-corrected chi connectivity index (χ0v) is 11.4. The second kappa shape index (κ2) is 5.56. The van der Waals surface area contributed by atoms with E-state index in [4.69, 9.17) is 15.2 Å². The molecule has 1 aliphatic heterocycles. The zero-order chi connectivity index (χ0) is 13.9. The van der Waals surface area contributed by atoms with Crippen LogP contribution >= 0.6 is 0 Å². The molecule has 1 rings (SSSR count). The molecule has 1 aliphatic rings. The Hall–Kier alpha value is -1.30. The van der Waals surface area contributed by atoms with Crippen molar-refractivity contribution in [2.75, 3.05) is 13.7 Å². The maximum Gasteiger partial charge on any atom is 0.411 e. The number of carbonyl (C=O) groups is 2. The van der Waals surface area contributed by atoms with Gasteiger partial charge in [0.05, 0.1) is 7.11 Å². The van der Waals surface area contributed by atoms with Gasteiger partial charge in [-0.25, -0.2) is 9.59 Å². The molecule has 0 unspecified atom stereocenters. The summed E-state index contributed by atoms with van der Waals surface area (Å²) in [6.45, 7) is 5.80. The molecule has 6 nitrogen and oxygen atoms in total. The van der Waals surface area contributed by atoms with Crippen molar-refractivity contribution >= 4 is 12.1 Å². The van der Waals surface area contributed by atoms with Crippen LogP contribution in [-0.4, -0.2) is 48.3 Å². The van der Waals surface area contributed by atoms with Gasteiger partial charge in [-0.2, -0.15) is 0 Å². The van der Waals surface area contributed by atoms with Gasteiger partial charge in [0.2, 0.25) is 0 Å². The Balaban J connectivity index is 2.82. The minimum absolute atomic E-state index is 0.404. The van der Waals surface area contributed by atoms with Gasteiger partial charge in [0, 0.05) is 12.6 Å². The van der Waals surface area contributed by atoms with Crippen LogP contribution < -0.4 is 5.73 Å². The molecule has 1 amide bonds. The van der Waals surface area contributed by atoms with Crippen molar-refractivity contribution in [3.8, 4) is 0 Å². The number of carbonyl (C=O) groups excluding carboxylic acids is 2. The van der Waals surface area contributed by atoms with Crippen LogP contribution in [0.3, 0.4) is 0 Å². The summed E-state index contributed by atoms with van der Waals surface area (Å²) in [6, 6.07) is -1.16. The fourth-order valence-corrected chi connectivity index (χ4v) is 1.97. The van der Waals surface area contributed by atoms with Gasteiger partial charge in [0.15, 0.2) is 0 Å². The van der Waals surface area contributed by atoms with E-state index < -0.39 is 29.7 Å². The normalized spacial score (nSPS) is 24.6. The maximum absolute atomic E-state index is 12.0. The van der Waals surface area contributed by atoms with Crippen molar-refractivity contribution in [1.29, 1.82) is 0 Å². The molecule has 0 aromatic heterocycles. The molecule has 2 atom stereocenters. The topological polar surface area (TPSA) is 81.9 Å². The Morgan fingerprint density at radius 3 is 2.44 bits per heavy atom. The quantitative estimate of drug-likeness (QED) is 0.706. The number of ether oxygens (including phenoxy) is 2. The monoisotopic (exact) mass is 258 g/mol. The number of piperidine rings is 1. The zero-order valence-electron chi connectivity index (χ0n) is 11.4. The predicted octanol–water partition coefficient (Wildman–Crippen LogP) is 0.886. The molecule has 1 saturated heterocycles. The molecule has 1 heterocycles. The Morgan fingerprint density at radius 1 is 1.33 bits per heavy atom. The minimum atomic E-state index is -0.751. The molecule has 6 heteroatoms. The maximum atomic E-state index is 12.0. The third-order valence-electron chi connectivity index (χ3n) is 2.75. The van der Waals surface area contributed by atoms with Crippen molar-refractivity contribution in [2.24, 2.45) is 5.73 Å². The first-order valence-electron chi connectivity index (χ1n) is 6.09. The second-order valence-electron chi connectivity index (χ2n) is 5.45. The van der Waals surface area contributed by atoms with Gasteiger partial charge in [-0.15, -0.1) is 0 Å². The van der Waals surface area contributed by atoms with Gasteiger partial charge in [0.1, 0.15) is 11.6 Å². The number of likely N-dealkylation sites (tertiary alicyclic amines) is 1. The summed E-state index contributed by atoms with van der Waals surface area (Å²) in [5, 5.41) is 0. The number of esters is 1. The molecule has 0 aromatic carbocycles. The van der Waals surface area contributed by atoms with Crippen molar-refractivity contribution in [3.05, 3.63) is 0 Å². The fourth-order valence-electron chi connectivity index (χ4n) is 1.97. The summed E-state index contributed by atoms with van der Waals surface area (Å²) in [5.41, 5.74) is 5.30. The number of nitrogens with zero attached hydrogens (tertiary/aromatic N) is 1. The van der Waals surface area contributed by atoms with E-state index in [2.05, 4.69) is 0 Å². The first-order chi connectivity index (χ1) is 8.26. The number of hydrogen-bond acceptors (Lipinski definition) is 5. The van der Waals surface area contributed by atoms with Crippen LogP contribution in [-0.2, 0) is 14.3 Å². The largest absolute Gasteiger partial charge is 0.467 e. The van der Waals surface area contributed by atoms with E-state index in [-0.39, 0.29) is 0 Å². The standard InChI is InChI=1S/C12H22N2O4/c1-12(2,3)18-11(16)14-7-5-6-8(13)9(14)10(15)17-4/h8-9H,5-7,13H2,1-4H3/t8-,9-/m1/s1. The lowest BCUT2D eigenvalue weighted by molar-refractivity contribution is -0.148. The molecule has 0 aromatic rings. The van der Waals surface area contributed by atoms with E-state index in [0.29, 0.717) is 13.0 Å². The second-order valence-corrected chi connectivity index (χ2v) is 5.45. The number of amides is 1. The van der Waals surface area contributed by atoms with Gasteiger partial charge in [0.25, 0.3) is 0 Å². The van der Waals surface area contributed by atoms with E-state index >= 15 is 0 Å². The summed E-state index contributed by atoms with van der Waals surface area (Å²) in [5.74, 6) is -0.493. The summed E-state index contributed by atoms with van der Waals surface area (Å²) in [4.78, 5) is 25.1. The van der Waals surface area contributed by atoms with E-state index in [1.165, 1.54) is 12.0 Å². The van der Waals surface area contributed by atoms with Crippen LogP contribution in [0.1, 0.15) is 33.6 Å². The highest BCUT2D eigenvalue weighted by atomic mass is 16.6. The van der Waals surface area contributed by atoms with Crippen LogP contribution in [0.25, 0.3) is 0 Å². The average molecular weight is 258 g/mol. The van der Waals surface area contributed by atoms with Crippen LogP contribution in [0.5, 0.6) is 0 Å². The molecule has 0 spiro atoms. The third-order valence-corrected chi connectivity index (χ3v) is 2.75. The number of methoxy groups -OCH3 is 1. The first kappa shape index (κ1) is 14.8. The van der Waals surface area contributed by atoms with Crippen molar-refractivity contribution in [1.82, 2.24) is 4.90 Å². The van der Waals surface area contributed by atoms with Gasteiger partial charge in [-0.05, 0) is 33.6 Å². The van der Waals surface area contributed by atoms with E-state index in [9.17, 15) is 9.59 Å². The highest BCUT2D eigenvalue weighted by Crippen LogP contribution is 2.20. The van der Waals surface area contributed by atoms with Gasteiger partial charge >= 0.3 is 12.1 Å². The first-order valence-corrected chi connectivity index (χ1v) is 6.09. The highest BCUT2D eigenvalue weighted by Gasteiger charge is 2.40. The average Bonchev–Trinajstić information content (AvgIpc) is 2.25. The Morgan fingerprint density at radius 2 is 1.94 bits per heavy atom. The van der Waals surface area contributed by atoms with Gasteiger partial charge < -0.3 is 15.2 Å². The fraction of sp³-hybridized carbons (Fsp3) is 0.833. The summed E-state index contributed by atoms with van der Waals surface area (Å²) in [7, 11) is 1.29. The third kappa shape index (κ3) is 3.60. The van der Waals surface area contributed by atoms with Gasteiger partial charge in [-0.3, -0.25) is 4.90 Å². The van der Waals surface area contributed by atoms with E-state index in [1.54, 1.807) is 20.8 Å². The van der Waals surface area contributed by atoms with Crippen molar-refractivity contribution < 1.29 is 19.1 Å². The number of hydrogen-bond donors (Lipinski definition) is 1. The van der Waals surface area contributed by atoms with E-state index in [0.717, 1.165) is 6.42 Å². The predicted molar refractivity (Wildman–Crippen MR) is 66.0 cm³/mol. The Bertz CT molecular complexity index is 325.